The summed E-state index contributed by atoms with van der Waals surface area (Å²) in [4.78, 5) is 11.8. The highest BCUT2D eigenvalue weighted by atomic mass is 16.4. The number of hydrogen-bond acceptors (Lipinski definition) is 2. The zero-order chi connectivity index (χ0) is 18.3. The molecule has 130 valence electrons. The minimum atomic E-state index is -0.896. The van der Waals surface area contributed by atoms with Crippen molar-refractivity contribution in [3.05, 3.63) is 70.4 Å². The number of fused-ring (bicyclic) bond motifs is 3. The lowest BCUT2D eigenvalue weighted by Gasteiger charge is -2.16. The summed E-state index contributed by atoms with van der Waals surface area (Å²) in [7, 11) is 0. The lowest BCUT2D eigenvalue weighted by molar-refractivity contribution is 0.0698. The van der Waals surface area contributed by atoms with E-state index >= 15 is 0 Å². The maximum Gasteiger partial charge on any atom is 0.337 e. The molecule has 1 aliphatic rings. The molecule has 0 amide bonds. The number of aromatic carboxylic acids is 1. The molecule has 2 aromatic carbocycles. The Morgan fingerprint density at radius 1 is 1.31 bits per heavy atom. The Balaban J connectivity index is 1.97. The van der Waals surface area contributed by atoms with Crippen molar-refractivity contribution in [2.24, 2.45) is 0 Å². The van der Waals surface area contributed by atoms with Crippen molar-refractivity contribution in [1.29, 1.82) is 5.26 Å². The van der Waals surface area contributed by atoms with E-state index in [-0.39, 0.29) is 0 Å². The maximum absolute atomic E-state index is 11.8. The largest absolute Gasteiger partial charge is 0.478 e. The second-order valence-electron chi connectivity index (χ2n) is 6.91. The molecule has 0 bridgehead atoms. The van der Waals surface area contributed by atoms with E-state index < -0.39 is 5.97 Å². The molecule has 26 heavy (non-hydrogen) atoms. The Morgan fingerprint density at radius 2 is 2.12 bits per heavy atom. The molecule has 1 N–H and O–H groups in total. The number of aryl methyl sites for hydroxylation is 1. The molecule has 0 saturated carbocycles. The van der Waals surface area contributed by atoms with Crippen molar-refractivity contribution in [3.63, 3.8) is 0 Å². The number of nitriles is 1. The summed E-state index contributed by atoms with van der Waals surface area (Å²) in [6, 6.07) is 15.3. The van der Waals surface area contributed by atoms with Gasteiger partial charge in [0, 0.05) is 17.6 Å². The Hall–Kier alpha value is -3.06. The standard InChI is InChI=1S/C22H20N2O2/c1-2-16-9-10-18-17-7-4-8-19(22(25)26)21(17)24(20(16)18)13-15-6-3-5-14(11-15)12-23/h3-8,11,16H,2,9-10,13H2,1H3,(H,25,26). The van der Waals surface area contributed by atoms with Crippen molar-refractivity contribution < 1.29 is 9.90 Å². The minimum absolute atomic E-state index is 0.350. The summed E-state index contributed by atoms with van der Waals surface area (Å²) < 4.78 is 2.19. The molecule has 1 heterocycles. The smallest absolute Gasteiger partial charge is 0.337 e. The number of para-hydroxylation sites is 1. The van der Waals surface area contributed by atoms with Gasteiger partial charge in [0.05, 0.1) is 22.7 Å². The van der Waals surface area contributed by atoms with Crippen LogP contribution in [0.4, 0.5) is 0 Å². The summed E-state index contributed by atoms with van der Waals surface area (Å²) in [5, 5.41) is 20.0. The van der Waals surface area contributed by atoms with Gasteiger partial charge in [-0.05, 0) is 54.5 Å². The molecule has 1 aromatic heterocycles. The number of carboxylic acids is 1. The van der Waals surface area contributed by atoms with Crippen LogP contribution in [0.3, 0.4) is 0 Å². The number of hydrogen-bond donors (Lipinski definition) is 1. The Labute approximate surface area is 152 Å². The molecule has 0 fully saturated rings. The molecule has 0 spiro atoms. The number of rotatable bonds is 4. The third-order valence-corrected chi connectivity index (χ3v) is 5.48. The lowest BCUT2D eigenvalue weighted by Crippen LogP contribution is -2.09. The molecule has 3 aromatic rings. The number of nitrogens with zero attached hydrogens (tertiary/aromatic N) is 2. The third kappa shape index (κ3) is 2.48. The highest BCUT2D eigenvalue weighted by Crippen LogP contribution is 2.42. The second kappa shape index (κ2) is 6.34. The molecule has 1 unspecified atom stereocenters. The fraction of sp³-hybridized carbons (Fsp3) is 0.273. The first-order valence-electron chi connectivity index (χ1n) is 9.00. The minimum Gasteiger partial charge on any atom is -0.478 e. The average Bonchev–Trinajstić information content (AvgIpc) is 3.21. The van der Waals surface area contributed by atoms with Gasteiger partial charge in [-0.1, -0.05) is 31.2 Å². The monoisotopic (exact) mass is 344 g/mol. The molecule has 0 aliphatic heterocycles. The van der Waals surface area contributed by atoms with Crippen LogP contribution in [0.15, 0.2) is 42.5 Å². The highest BCUT2D eigenvalue weighted by Gasteiger charge is 2.30. The van der Waals surface area contributed by atoms with Crippen molar-refractivity contribution >= 4 is 16.9 Å². The number of carboxylic acid groups (broad SMARTS) is 1. The third-order valence-electron chi connectivity index (χ3n) is 5.48. The van der Waals surface area contributed by atoms with Gasteiger partial charge >= 0.3 is 5.97 Å². The summed E-state index contributed by atoms with van der Waals surface area (Å²) in [6.07, 6.45) is 3.16. The Kier molecular flexibility index (Phi) is 4.00. The summed E-state index contributed by atoms with van der Waals surface area (Å²) in [6.45, 7) is 2.78. The van der Waals surface area contributed by atoms with E-state index in [1.165, 1.54) is 11.3 Å². The summed E-state index contributed by atoms with van der Waals surface area (Å²) in [5.41, 5.74) is 5.38. The number of aromatic nitrogens is 1. The first-order chi connectivity index (χ1) is 12.6. The van der Waals surface area contributed by atoms with E-state index in [1.54, 1.807) is 12.1 Å². The van der Waals surface area contributed by atoms with E-state index in [0.717, 1.165) is 35.7 Å². The van der Waals surface area contributed by atoms with Crippen LogP contribution in [0, 0.1) is 11.3 Å². The predicted molar refractivity (Wildman–Crippen MR) is 101 cm³/mol. The molecule has 4 rings (SSSR count). The zero-order valence-electron chi connectivity index (χ0n) is 14.7. The summed E-state index contributed by atoms with van der Waals surface area (Å²) in [5.74, 6) is -0.440. The fourth-order valence-corrected chi connectivity index (χ4v) is 4.34. The maximum atomic E-state index is 11.8. The number of carbonyl (C=O) groups is 1. The Morgan fingerprint density at radius 3 is 2.85 bits per heavy atom. The van der Waals surface area contributed by atoms with Gasteiger partial charge in [0.2, 0.25) is 0 Å². The summed E-state index contributed by atoms with van der Waals surface area (Å²) >= 11 is 0. The van der Waals surface area contributed by atoms with Crippen LogP contribution in [0.2, 0.25) is 0 Å². The molecular weight excluding hydrogens is 324 g/mol. The van der Waals surface area contributed by atoms with Crippen LogP contribution in [-0.2, 0) is 13.0 Å². The van der Waals surface area contributed by atoms with Crippen LogP contribution >= 0.6 is 0 Å². The average molecular weight is 344 g/mol. The fourth-order valence-electron chi connectivity index (χ4n) is 4.34. The number of benzene rings is 2. The van der Waals surface area contributed by atoms with Gasteiger partial charge in [0.1, 0.15) is 0 Å². The molecule has 1 atom stereocenters. The quantitative estimate of drug-likeness (QED) is 0.746. The molecular formula is C22H20N2O2. The molecule has 4 heteroatoms. The van der Waals surface area contributed by atoms with Crippen LogP contribution < -0.4 is 0 Å². The Bertz CT molecular complexity index is 1060. The predicted octanol–water partition coefficient (Wildman–Crippen LogP) is 4.70. The molecule has 0 saturated heterocycles. The van der Waals surface area contributed by atoms with Crippen molar-refractivity contribution in [1.82, 2.24) is 4.57 Å². The van der Waals surface area contributed by atoms with Crippen LogP contribution in [0.5, 0.6) is 0 Å². The van der Waals surface area contributed by atoms with Gasteiger partial charge < -0.3 is 9.67 Å². The first kappa shape index (κ1) is 16.4. The second-order valence-corrected chi connectivity index (χ2v) is 6.91. The van der Waals surface area contributed by atoms with Gasteiger partial charge in [0.15, 0.2) is 0 Å². The van der Waals surface area contributed by atoms with Crippen molar-refractivity contribution in [2.45, 2.75) is 38.6 Å². The van der Waals surface area contributed by atoms with Crippen LogP contribution in [-0.4, -0.2) is 15.6 Å². The van der Waals surface area contributed by atoms with Crippen LogP contribution in [0.25, 0.3) is 10.9 Å². The molecule has 4 nitrogen and oxygen atoms in total. The van der Waals surface area contributed by atoms with Gasteiger partial charge in [0.25, 0.3) is 0 Å². The van der Waals surface area contributed by atoms with E-state index in [9.17, 15) is 15.2 Å². The van der Waals surface area contributed by atoms with Gasteiger partial charge in [-0.3, -0.25) is 0 Å². The first-order valence-corrected chi connectivity index (χ1v) is 9.00. The van der Waals surface area contributed by atoms with E-state index in [4.69, 9.17) is 0 Å². The van der Waals surface area contributed by atoms with Gasteiger partial charge in [-0.2, -0.15) is 5.26 Å². The van der Waals surface area contributed by atoms with E-state index in [1.807, 2.05) is 30.3 Å². The van der Waals surface area contributed by atoms with Gasteiger partial charge in [-0.15, -0.1) is 0 Å². The normalized spacial score (nSPS) is 15.8. The highest BCUT2D eigenvalue weighted by molar-refractivity contribution is 6.04. The molecule has 1 aliphatic carbocycles. The SMILES string of the molecule is CCC1CCc2c1n(Cc1cccc(C#N)c1)c1c(C(=O)O)cccc21. The van der Waals surface area contributed by atoms with E-state index in [2.05, 4.69) is 17.6 Å². The van der Waals surface area contributed by atoms with Gasteiger partial charge in [-0.25, -0.2) is 4.79 Å². The van der Waals surface area contributed by atoms with E-state index in [0.29, 0.717) is 23.6 Å². The van der Waals surface area contributed by atoms with Crippen molar-refractivity contribution in [2.75, 3.05) is 0 Å². The lowest BCUT2D eigenvalue weighted by atomic mass is 10.0. The molecule has 0 radical (unpaired) electrons. The van der Waals surface area contributed by atoms with Crippen LogP contribution in [0.1, 0.15) is 58.4 Å². The zero-order valence-corrected chi connectivity index (χ0v) is 14.7. The van der Waals surface area contributed by atoms with Crippen molar-refractivity contribution in [3.8, 4) is 6.07 Å². The topological polar surface area (TPSA) is 66.0 Å².